The molecule has 7 nitrogen and oxygen atoms in total. The van der Waals surface area contributed by atoms with Crippen molar-refractivity contribution in [1.29, 1.82) is 0 Å². The van der Waals surface area contributed by atoms with Crippen LogP contribution < -0.4 is 15.4 Å². The number of phenolic OH excluding ortho intramolecular Hbond substituents is 1. The first-order chi connectivity index (χ1) is 14.5. The van der Waals surface area contributed by atoms with Crippen LogP contribution >= 0.6 is 0 Å². The number of benzene rings is 2. The van der Waals surface area contributed by atoms with Crippen LogP contribution in [-0.2, 0) is 11.3 Å². The Bertz CT molecular complexity index is 1100. The van der Waals surface area contributed by atoms with E-state index in [1.54, 1.807) is 24.3 Å². The van der Waals surface area contributed by atoms with Crippen molar-refractivity contribution in [3.63, 3.8) is 0 Å². The number of amides is 2. The molecular weight excluding hydrogens is 389 g/mol. The molecule has 3 N–H and O–H groups in total. The molecule has 3 aromatic rings. The predicted molar refractivity (Wildman–Crippen MR) is 109 cm³/mol. The number of carbonyl (C=O) groups excluding carboxylic acids is 2. The number of aromatic nitrogens is 1. The van der Waals surface area contributed by atoms with E-state index < -0.39 is 17.6 Å². The molecule has 1 aromatic heterocycles. The van der Waals surface area contributed by atoms with Crippen LogP contribution in [0.2, 0.25) is 0 Å². The summed E-state index contributed by atoms with van der Waals surface area (Å²) < 4.78 is 19.2. The van der Waals surface area contributed by atoms with Crippen molar-refractivity contribution in [2.45, 2.75) is 6.54 Å². The largest absolute Gasteiger partial charge is 0.507 e. The molecule has 0 aliphatic heterocycles. The molecular formula is C22H18FN3O4. The minimum Gasteiger partial charge on any atom is -0.507 e. The summed E-state index contributed by atoms with van der Waals surface area (Å²) in [5, 5.41) is 15.2. The molecule has 2 aromatic carbocycles. The summed E-state index contributed by atoms with van der Waals surface area (Å²) in [6.07, 6.45) is 2.57. The second-order valence-corrected chi connectivity index (χ2v) is 6.14. The van der Waals surface area contributed by atoms with Gasteiger partial charge in [-0.2, -0.15) is 0 Å². The van der Waals surface area contributed by atoms with Crippen molar-refractivity contribution in [2.24, 2.45) is 0 Å². The molecule has 3 rings (SSSR count). The standard InChI is InChI=1S/C22H18FN3O4/c1-2-20(28)26-15-7-8-18(27)16(12-15)22(29)25-13-14-9-10-24-21(11-14)30-19-6-4-3-5-17(19)23/h2-12,27H,1,13H2,(H,25,29)(H,26,28). The van der Waals surface area contributed by atoms with Crippen molar-refractivity contribution in [3.8, 4) is 17.4 Å². The lowest BCUT2D eigenvalue weighted by Crippen LogP contribution is -2.23. The first-order valence-electron chi connectivity index (χ1n) is 8.88. The van der Waals surface area contributed by atoms with Gasteiger partial charge in [-0.05, 0) is 48.0 Å². The minimum absolute atomic E-state index is 0.00579. The van der Waals surface area contributed by atoms with Crippen molar-refractivity contribution >= 4 is 17.5 Å². The fraction of sp³-hybridized carbons (Fsp3) is 0.0455. The van der Waals surface area contributed by atoms with Crippen LogP contribution in [0.5, 0.6) is 17.4 Å². The Morgan fingerprint density at radius 3 is 2.73 bits per heavy atom. The van der Waals surface area contributed by atoms with Crippen LogP contribution in [0.1, 0.15) is 15.9 Å². The number of aromatic hydroxyl groups is 1. The smallest absolute Gasteiger partial charge is 0.255 e. The predicted octanol–water partition coefficient (Wildman–Crippen LogP) is 3.77. The van der Waals surface area contributed by atoms with Gasteiger partial charge in [0.15, 0.2) is 11.6 Å². The van der Waals surface area contributed by atoms with Crippen molar-refractivity contribution in [2.75, 3.05) is 5.32 Å². The molecule has 0 saturated carbocycles. The number of carbonyl (C=O) groups is 2. The fourth-order valence-corrected chi connectivity index (χ4v) is 2.52. The Labute approximate surface area is 171 Å². The monoisotopic (exact) mass is 407 g/mol. The molecule has 1 heterocycles. The van der Waals surface area contributed by atoms with Crippen LogP contribution in [-0.4, -0.2) is 21.9 Å². The number of ether oxygens (including phenoxy) is 1. The number of hydrogen-bond acceptors (Lipinski definition) is 5. The number of phenols is 1. The van der Waals surface area contributed by atoms with Crippen LogP contribution in [0, 0.1) is 5.82 Å². The molecule has 0 aliphatic rings. The van der Waals surface area contributed by atoms with E-state index in [0.717, 1.165) is 6.08 Å². The average Bonchev–Trinajstić information content (AvgIpc) is 2.75. The molecule has 0 atom stereocenters. The van der Waals surface area contributed by atoms with Gasteiger partial charge in [0, 0.05) is 24.5 Å². The van der Waals surface area contributed by atoms with Gasteiger partial charge >= 0.3 is 0 Å². The second-order valence-electron chi connectivity index (χ2n) is 6.14. The van der Waals surface area contributed by atoms with Crippen molar-refractivity contribution in [1.82, 2.24) is 10.3 Å². The van der Waals surface area contributed by atoms with Gasteiger partial charge in [0.25, 0.3) is 5.91 Å². The van der Waals surface area contributed by atoms with Crippen molar-refractivity contribution in [3.05, 3.63) is 90.4 Å². The maximum absolute atomic E-state index is 13.7. The van der Waals surface area contributed by atoms with Gasteiger partial charge in [-0.25, -0.2) is 9.37 Å². The van der Waals surface area contributed by atoms with E-state index in [2.05, 4.69) is 22.2 Å². The lowest BCUT2D eigenvalue weighted by Gasteiger charge is -2.10. The SMILES string of the molecule is C=CC(=O)Nc1ccc(O)c(C(=O)NCc2ccnc(Oc3ccccc3F)c2)c1. The summed E-state index contributed by atoms with van der Waals surface area (Å²) in [5.41, 5.74) is 0.987. The number of hydrogen-bond donors (Lipinski definition) is 3. The van der Waals surface area contributed by atoms with Gasteiger partial charge in [-0.1, -0.05) is 18.7 Å². The molecule has 0 saturated heterocycles. The summed E-state index contributed by atoms with van der Waals surface area (Å²) in [4.78, 5) is 27.9. The lowest BCUT2D eigenvalue weighted by molar-refractivity contribution is -0.111. The summed E-state index contributed by atoms with van der Waals surface area (Å²) in [6, 6.07) is 13.3. The van der Waals surface area contributed by atoms with E-state index in [9.17, 15) is 19.1 Å². The second kappa shape index (κ2) is 9.33. The zero-order valence-corrected chi connectivity index (χ0v) is 15.8. The van der Waals surface area contributed by atoms with E-state index >= 15 is 0 Å². The Morgan fingerprint density at radius 1 is 1.17 bits per heavy atom. The maximum Gasteiger partial charge on any atom is 0.255 e. The average molecular weight is 407 g/mol. The van der Waals surface area contributed by atoms with E-state index in [1.165, 1.54) is 36.5 Å². The molecule has 0 bridgehead atoms. The first kappa shape index (κ1) is 20.5. The van der Waals surface area contributed by atoms with Gasteiger partial charge in [0.1, 0.15) is 5.75 Å². The third kappa shape index (κ3) is 5.20. The van der Waals surface area contributed by atoms with E-state index in [0.29, 0.717) is 11.3 Å². The van der Waals surface area contributed by atoms with Gasteiger partial charge < -0.3 is 20.5 Å². The first-order valence-corrected chi connectivity index (χ1v) is 8.88. The molecule has 0 spiro atoms. The topological polar surface area (TPSA) is 101 Å². The zero-order chi connectivity index (χ0) is 21.5. The van der Waals surface area contributed by atoms with Gasteiger partial charge in [0.2, 0.25) is 11.8 Å². The van der Waals surface area contributed by atoms with Crippen LogP contribution in [0.3, 0.4) is 0 Å². The number of rotatable bonds is 7. The summed E-state index contributed by atoms with van der Waals surface area (Å²) in [6.45, 7) is 3.47. The van der Waals surface area contributed by atoms with Gasteiger partial charge in [-0.3, -0.25) is 9.59 Å². The van der Waals surface area contributed by atoms with E-state index in [-0.39, 0.29) is 29.5 Å². The lowest BCUT2D eigenvalue weighted by atomic mass is 10.1. The highest BCUT2D eigenvalue weighted by atomic mass is 19.1. The van der Waals surface area contributed by atoms with Crippen LogP contribution in [0.25, 0.3) is 0 Å². The Hall–Kier alpha value is -4.20. The van der Waals surface area contributed by atoms with Gasteiger partial charge in [-0.15, -0.1) is 0 Å². The number of halogens is 1. The molecule has 0 unspecified atom stereocenters. The third-order valence-corrected chi connectivity index (χ3v) is 4.00. The van der Waals surface area contributed by atoms with E-state index in [1.807, 2.05) is 0 Å². The zero-order valence-electron chi connectivity index (χ0n) is 15.8. The summed E-state index contributed by atoms with van der Waals surface area (Å²) in [5.74, 6) is -1.53. The Balaban J connectivity index is 1.68. The third-order valence-electron chi connectivity index (χ3n) is 4.00. The summed E-state index contributed by atoms with van der Waals surface area (Å²) in [7, 11) is 0. The molecule has 0 fully saturated rings. The van der Waals surface area contributed by atoms with Crippen molar-refractivity contribution < 1.29 is 23.8 Å². The number of para-hydroxylation sites is 1. The molecule has 30 heavy (non-hydrogen) atoms. The Morgan fingerprint density at radius 2 is 1.97 bits per heavy atom. The summed E-state index contributed by atoms with van der Waals surface area (Å²) >= 11 is 0. The highest BCUT2D eigenvalue weighted by Crippen LogP contribution is 2.24. The molecule has 2 amide bonds. The maximum atomic E-state index is 13.7. The number of nitrogens with one attached hydrogen (secondary N) is 2. The number of nitrogens with zero attached hydrogens (tertiary/aromatic N) is 1. The minimum atomic E-state index is -0.546. The molecule has 8 heteroatoms. The molecule has 0 radical (unpaired) electrons. The fourth-order valence-electron chi connectivity index (χ4n) is 2.52. The Kier molecular flexibility index (Phi) is 6.39. The molecule has 0 aliphatic carbocycles. The molecule has 152 valence electrons. The van der Waals surface area contributed by atoms with E-state index in [4.69, 9.17) is 4.74 Å². The number of pyridine rings is 1. The highest BCUT2D eigenvalue weighted by Gasteiger charge is 2.13. The van der Waals surface area contributed by atoms with Crippen LogP contribution in [0.4, 0.5) is 10.1 Å². The van der Waals surface area contributed by atoms with Crippen LogP contribution in [0.15, 0.2) is 73.4 Å². The highest BCUT2D eigenvalue weighted by molar-refractivity contribution is 6.01. The normalized spacial score (nSPS) is 10.2. The number of anilines is 1. The quantitative estimate of drug-likeness (QED) is 0.409. The van der Waals surface area contributed by atoms with Gasteiger partial charge in [0.05, 0.1) is 5.56 Å².